The summed E-state index contributed by atoms with van der Waals surface area (Å²) < 4.78 is 45.7. The van der Waals surface area contributed by atoms with Gasteiger partial charge < -0.3 is 15.4 Å². The van der Waals surface area contributed by atoms with E-state index < -0.39 is 24.7 Å². The van der Waals surface area contributed by atoms with Crippen molar-refractivity contribution in [2.75, 3.05) is 39.3 Å². The molecule has 27 heavy (non-hydrogen) atoms. The Morgan fingerprint density at radius 3 is 2.56 bits per heavy atom. The van der Waals surface area contributed by atoms with E-state index in [4.69, 9.17) is 4.74 Å². The first-order chi connectivity index (χ1) is 12.3. The lowest BCUT2D eigenvalue weighted by atomic mass is 10.1. The first-order valence-corrected chi connectivity index (χ1v) is 8.80. The van der Waals surface area contributed by atoms with Crippen molar-refractivity contribution < 1.29 is 22.7 Å². The topological polar surface area (TPSA) is 53.6 Å². The Hall–Kier alpha value is -1.51. The summed E-state index contributed by atoms with van der Waals surface area (Å²) in [6, 6.07) is 4.80. The molecule has 0 spiro atoms. The molecule has 1 unspecified atom stereocenters. The van der Waals surface area contributed by atoms with Crippen molar-refractivity contribution in [2.45, 2.75) is 26.1 Å². The number of carbonyl (C=O) groups is 1. The van der Waals surface area contributed by atoms with E-state index in [1.165, 1.54) is 4.90 Å². The minimum Gasteiger partial charge on any atom is -0.493 e. The number of piperazine rings is 1. The number of benzene rings is 1. The predicted octanol–water partition coefficient (Wildman–Crippen LogP) is 2.71. The summed E-state index contributed by atoms with van der Waals surface area (Å²) in [4.78, 5) is 13.6. The van der Waals surface area contributed by atoms with Gasteiger partial charge in [0.25, 0.3) is 5.91 Å². The van der Waals surface area contributed by atoms with Crippen LogP contribution in [0.5, 0.6) is 5.75 Å². The molecule has 154 valence electrons. The van der Waals surface area contributed by atoms with E-state index in [0.29, 0.717) is 44.5 Å². The number of hydrogen-bond acceptors (Lipinski definition) is 4. The van der Waals surface area contributed by atoms with E-state index in [2.05, 4.69) is 10.6 Å². The Kier molecular flexibility index (Phi) is 9.35. The van der Waals surface area contributed by atoms with Gasteiger partial charge in [0.05, 0.1) is 6.61 Å². The maximum absolute atomic E-state index is 13.4. The van der Waals surface area contributed by atoms with E-state index in [1.807, 2.05) is 13.8 Å². The smallest absolute Gasteiger partial charge is 0.405 e. The highest BCUT2D eigenvalue weighted by molar-refractivity contribution is 5.94. The Morgan fingerprint density at radius 2 is 1.96 bits per heavy atom. The van der Waals surface area contributed by atoms with E-state index >= 15 is 0 Å². The van der Waals surface area contributed by atoms with Crippen molar-refractivity contribution in [3.63, 3.8) is 0 Å². The molecule has 2 rings (SSSR count). The molecule has 1 aliphatic heterocycles. The fraction of sp³-hybridized carbons (Fsp3) is 0.611. The molecule has 1 heterocycles. The first-order valence-electron chi connectivity index (χ1n) is 8.80. The SMILES string of the molecule is CC(C)COc1cccc(C(=O)NCC(N2CCNCC2)C(F)(F)F)c1.Cl. The molecule has 0 aromatic heterocycles. The molecule has 1 aliphatic rings. The molecule has 1 atom stereocenters. The van der Waals surface area contributed by atoms with Gasteiger partial charge in [-0.05, 0) is 24.1 Å². The van der Waals surface area contributed by atoms with Gasteiger partial charge in [-0.2, -0.15) is 13.2 Å². The molecule has 2 N–H and O–H groups in total. The summed E-state index contributed by atoms with van der Waals surface area (Å²) in [6.07, 6.45) is -4.40. The van der Waals surface area contributed by atoms with Crippen molar-refractivity contribution in [3.8, 4) is 5.75 Å². The molecule has 0 saturated carbocycles. The van der Waals surface area contributed by atoms with Crippen LogP contribution in [-0.4, -0.2) is 62.4 Å². The van der Waals surface area contributed by atoms with Gasteiger partial charge in [-0.25, -0.2) is 0 Å². The second-order valence-electron chi connectivity index (χ2n) is 6.79. The molecule has 1 fully saturated rings. The summed E-state index contributed by atoms with van der Waals surface area (Å²) in [5, 5.41) is 5.45. The zero-order chi connectivity index (χ0) is 19.2. The molecule has 5 nitrogen and oxygen atoms in total. The number of ether oxygens (including phenoxy) is 1. The van der Waals surface area contributed by atoms with Gasteiger partial charge in [0.15, 0.2) is 0 Å². The average Bonchev–Trinajstić information content (AvgIpc) is 2.60. The van der Waals surface area contributed by atoms with Crippen LogP contribution in [0.4, 0.5) is 13.2 Å². The summed E-state index contributed by atoms with van der Waals surface area (Å²) in [7, 11) is 0. The molecule has 1 aromatic rings. The largest absolute Gasteiger partial charge is 0.493 e. The zero-order valence-electron chi connectivity index (χ0n) is 15.5. The molecular formula is C18H27ClF3N3O2. The van der Waals surface area contributed by atoms with Crippen molar-refractivity contribution in [2.24, 2.45) is 5.92 Å². The van der Waals surface area contributed by atoms with Crippen LogP contribution in [0.2, 0.25) is 0 Å². The van der Waals surface area contributed by atoms with E-state index in [1.54, 1.807) is 24.3 Å². The van der Waals surface area contributed by atoms with E-state index in [-0.39, 0.29) is 18.0 Å². The van der Waals surface area contributed by atoms with Gasteiger partial charge in [-0.15, -0.1) is 12.4 Å². The Balaban J connectivity index is 0.00000364. The predicted molar refractivity (Wildman–Crippen MR) is 101 cm³/mol. The Morgan fingerprint density at radius 1 is 1.30 bits per heavy atom. The highest BCUT2D eigenvalue weighted by atomic mass is 35.5. The van der Waals surface area contributed by atoms with Crippen LogP contribution >= 0.6 is 12.4 Å². The van der Waals surface area contributed by atoms with Crippen LogP contribution in [0.25, 0.3) is 0 Å². The highest BCUT2D eigenvalue weighted by Gasteiger charge is 2.43. The van der Waals surface area contributed by atoms with Crippen LogP contribution in [0.15, 0.2) is 24.3 Å². The lowest BCUT2D eigenvalue weighted by Gasteiger charge is -2.35. The standard InChI is InChI=1S/C18H26F3N3O2.ClH/c1-13(2)12-26-15-5-3-4-14(10-15)17(25)23-11-16(18(19,20)21)24-8-6-22-7-9-24;/h3-5,10,13,16,22H,6-9,11-12H2,1-2H3,(H,23,25);1H. The number of nitrogens with one attached hydrogen (secondary N) is 2. The third-order valence-electron chi connectivity index (χ3n) is 4.11. The van der Waals surface area contributed by atoms with Crippen molar-refractivity contribution >= 4 is 18.3 Å². The minimum atomic E-state index is -4.40. The molecule has 0 bridgehead atoms. The Labute approximate surface area is 164 Å². The minimum absolute atomic E-state index is 0. The van der Waals surface area contributed by atoms with Crippen molar-refractivity contribution in [3.05, 3.63) is 29.8 Å². The van der Waals surface area contributed by atoms with Gasteiger partial charge in [0.1, 0.15) is 11.8 Å². The van der Waals surface area contributed by atoms with Crippen LogP contribution in [-0.2, 0) is 0 Å². The number of alkyl halides is 3. The first kappa shape index (κ1) is 23.5. The Bertz CT molecular complexity index is 593. The monoisotopic (exact) mass is 409 g/mol. The van der Waals surface area contributed by atoms with E-state index in [0.717, 1.165) is 0 Å². The average molecular weight is 410 g/mol. The fourth-order valence-corrected chi connectivity index (χ4v) is 2.73. The number of amides is 1. The molecule has 1 amide bonds. The van der Waals surface area contributed by atoms with Crippen molar-refractivity contribution in [1.29, 1.82) is 0 Å². The number of hydrogen-bond donors (Lipinski definition) is 2. The number of rotatable bonds is 7. The summed E-state index contributed by atoms with van der Waals surface area (Å²) in [5.41, 5.74) is 0.285. The molecule has 1 aromatic carbocycles. The van der Waals surface area contributed by atoms with Crippen molar-refractivity contribution in [1.82, 2.24) is 15.5 Å². The third kappa shape index (κ3) is 7.56. The van der Waals surface area contributed by atoms with E-state index in [9.17, 15) is 18.0 Å². The van der Waals surface area contributed by atoms with Crippen LogP contribution in [0, 0.1) is 5.92 Å². The molecule has 1 saturated heterocycles. The van der Waals surface area contributed by atoms with Gasteiger partial charge in [-0.3, -0.25) is 9.69 Å². The lowest BCUT2D eigenvalue weighted by Crippen LogP contribution is -2.57. The molecular weight excluding hydrogens is 383 g/mol. The maximum atomic E-state index is 13.4. The molecule has 0 aliphatic carbocycles. The lowest BCUT2D eigenvalue weighted by molar-refractivity contribution is -0.183. The highest BCUT2D eigenvalue weighted by Crippen LogP contribution is 2.25. The summed E-state index contributed by atoms with van der Waals surface area (Å²) in [6.45, 7) is 5.67. The third-order valence-corrected chi connectivity index (χ3v) is 4.11. The van der Waals surface area contributed by atoms with Gasteiger partial charge in [0.2, 0.25) is 0 Å². The number of nitrogens with zero attached hydrogens (tertiary/aromatic N) is 1. The second kappa shape index (κ2) is 10.7. The van der Waals surface area contributed by atoms with Gasteiger partial charge in [0, 0.05) is 38.3 Å². The number of halogens is 4. The van der Waals surface area contributed by atoms with Crippen LogP contribution in [0.3, 0.4) is 0 Å². The fourth-order valence-electron chi connectivity index (χ4n) is 2.73. The van der Waals surface area contributed by atoms with Crippen LogP contribution in [0.1, 0.15) is 24.2 Å². The quantitative estimate of drug-likeness (QED) is 0.727. The normalized spacial score (nSPS) is 16.5. The van der Waals surface area contributed by atoms with Gasteiger partial charge in [-0.1, -0.05) is 19.9 Å². The van der Waals surface area contributed by atoms with Gasteiger partial charge >= 0.3 is 6.18 Å². The zero-order valence-corrected chi connectivity index (χ0v) is 16.3. The number of carbonyl (C=O) groups excluding carboxylic acids is 1. The maximum Gasteiger partial charge on any atom is 0.405 e. The molecule has 0 radical (unpaired) electrons. The summed E-state index contributed by atoms with van der Waals surface area (Å²) >= 11 is 0. The second-order valence-corrected chi connectivity index (χ2v) is 6.79. The summed E-state index contributed by atoms with van der Waals surface area (Å²) in [5.74, 6) is 0.323. The molecule has 9 heteroatoms. The van der Waals surface area contributed by atoms with Crippen LogP contribution < -0.4 is 15.4 Å².